The van der Waals surface area contributed by atoms with E-state index >= 15 is 0 Å². The molecule has 0 bridgehead atoms. The Morgan fingerprint density at radius 3 is 2.56 bits per heavy atom. The smallest absolute Gasteiger partial charge is 0.250 e. The van der Waals surface area contributed by atoms with Crippen molar-refractivity contribution in [2.45, 2.75) is 51.9 Å². The Morgan fingerprint density at radius 1 is 1.17 bits per heavy atom. The van der Waals surface area contributed by atoms with E-state index in [1.807, 2.05) is 0 Å². The molecule has 0 aliphatic carbocycles. The van der Waals surface area contributed by atoms with E-state index in [1.54, 1.807) is 0 Å². The molecule has 1 N–H and O–H groups in total. The molecule has 2 nitrogen and oxygen atoms in total. The van der Waals surface area contributed by atoms with Gasteiger partial charge in [-0.05, 0) is 54.4 Å². The van der Waals surface area contributed by atoms with Gasteiger partial charge in [-0.3, -0.25) is 0 Å². The first-order valence-electron chi connectivity index (χ1n) is 6.81. The van der Waals surface area contributed by atoms with Gasteiger partial charge in [-0.2, -0.15) is 0 Å². The zero-order chi connectivity index (χ0) is 13.4. The quantitative estimate of drug-likeness (QED) is 0.821. The van der Waals surface area contributed by atoms with Crippen molar-refractivity contribution in [3.63, 3.8) is 0 Å². The van der Waals surface area contributed by atoms with Crippen LogP contribution in [0.25, 0.3) is 0 Å². The van der Waals surface area contributed by atoms with Crippen LogP contribution >= 0.6 is 0 Å². The third kappa shape index (κ3) is 2.78. The minimum atomic E-state index is -1.71. The molecule has 3 heteroatoms. The standard InChI is InChI=1S/C15H25NOSi/c1-15(2,3)18(4,5)17-14-7-6-12-8-9-16-11-13(12)10-14/h6-7,10,16H,8-9,11H2,1-5H3. The number of hydrogen-bond acceptors (Lipinski definition) is 2. The van der Waals surface area contributed by atoms with E-state index in [0.29, 0.717) is 0 Å². The second-order valence-electron chi connectivity index (χ2n) is 6.72. The summed E-state index contributed by atoms with van der Waals surface area (Å²) < 4.78 is 6.34. The Bertz CT molecular complexity index is 435. The highest BCUT2D eigenvalue weighted by Gasteiger charge is 2.39. The molecule has 0 saturated carbocycles. The fourth-order valence-electron chi connectivity index (χ4n) is 1.97. The molecule has 1 aliphatic rings. The first kappa shape index (κ1) is 13.6. The van der Waals surface area contributed by atoms with Crippen molar-refractivity contribution >= 4 is 8.32 Å². The lowest BCUT2D eigenvalue weighted by atomic mass is 10.0. The van der Waals surface area contributed by atoms with Crippen molar-refractivity contribution in [1.82, 2.24) is 5.32 Å². The molecule has 0 fully saturated rings. The lowest BCUT2D eigenvalue weighted by Crippen LogP contribution is -2.43. The normalized spacial score (nSPS) is 16.3. The molecule has 100 valence electrons. The summed E-state index contributed by atoms with van der Waals surface area (Å²) in [4.78, 5) is 0. The van der Waals surface area contributed by atoms with Crippen LogP contribution in [0.1, 0.15) is 31.9 Å². The van der Waals surface area contributed by atoms with Crippen LogP contribution in [0, 0.1) is 0 Å². The summed E-state index contributed by atoms with van der Waals surface area (Å²) in [6.07, 6.45) is 1.13. The lowest BCUT2D eigenvalue weighted by molar-refractivity contribution is 0.490. The summed E-state index contributed by atoms with van der Waals surface area (Å²) in [5.41, 5.74) is 2.87. The fraction of sp³-hybridized carbons (Fsp3) is 0.600. The average Bonchev–Trinajstić information content (AvgIpc) is 2.27. The first-order valence-corrected chi connectivity index (χ1v) is 9.72. The van der Waals surface area contributed by atoms with Crippen LogP contribution < -0.4 is 9.74 Å². The zero-order valence-corrected chi connectivity index (χ0v) is 13.3. The van der Waals surface area contributed by atoms with E-state index < -0.39 is 8.32 Å². The molecular weight excluding hydrogens is 238 g/mol. The minimum Gasteiger partial charge on any atom is -0.543 e. The second kappa shape index (κ2) is 4.70. The highest BCUT2D eigenvalue weighted by atomic mass is 28.4. The molecule has 0 radical (unpaired) electrons. The predicted molar refractivity (Wildman–Crippen MR) is 79.7 cm³/mol. The van der Waals surface area contributed by atoms with Gasteiger partial charge in [0.25, 0.3) is 0 Å². The molecule has 1 heterocycles. The van der Waals surface area contributed by atoms with E-state index in [9.17, 15) is 0 Å². The van der Waals surface area contributed by atoms with Crippen molar-refractivity contribution in [2.24, 2.45) is 0 Å². The zero-order valence-electron chi connectivity index (χ0n) is 12.3. The summed E-state index contributed by atoms with van der Waals surface area (Å²) in [7, 11) is -1.71. The Kier molecular flexibility index (Phi) is 3.56. The van der Waals surface area contributed by atoms with Crippen molar-refractivity contribution in [1.29, 1.82) is 0 Å². The summed E-state index contributed by atoms with van der Waals surface area (Å²) in [6.45, 7) is 13.5. The van der Waals surface area contributed by atoms with E-state index in [4.69, 9.17) is 4.43 Å². The molecule has 0 atom stereocenters. The Labute approximate surface area is 112 Å². The monoisotopic (exact) mass is 263 g/mol. The molecule has 0 unspecified atom stereocenters. The molecule has 2 rings (SSSR count). The molecule has 1 aromatic carbocycles. The van der Waals surface area contributed by atoms with Crippen molar-refractivity contribution in [2.75, 3.05) is 6.54 Å². The molecule has 18 heavy (non-hydrogen) atoms. The topological polar surface area (TPSA) is 21.3 Å². The Hall–Kier alpha value is -0.803. The van der Waals surface area contributed by atoms with Crippen LogP contribution in [0.15, 0.2) is 18.2 Å². The van der Waals surface area contributed by atoms with E-state index in [1.165, 1.54) is 11.1 Å². The number of fused-ring (bicyclic) bond motifs is 1. The van der Waals surface area contributed by atoms with E-state index in [-0.39, 0.29) is 5.04 Å². The van der Waals surface area contributed by atoms with E-state index in [2.05, 4.69) is 57.4 Å². The number of hydrogen-bond donors (Lipinski definition) is 1. The Morgan fingerprint density at radius 2 is 1.89 bits per heavy atom. The van der Waals surface area contributed by atoms with Gasteiger partial charge < -0.3 is 9.74 Å². The molecular formula is C15H25NOSi. The maximum atomic E-state index is 6.34. The van der Waals surface area contributed by atoms with Gasteiger partial charge in [-0.15, -0.1) is 0 Å². The molecule has 1 aromatic rings. The van der Waals surface area contributed by atoms with Crippen LogP contribution in [-0.2, 0) is 13.0 Å². The molecule has 0 spiro atoms. The van der Waals surface area contributed by atoms with Gasteiger partial charge >= 0.3 is 0 Å². The second-order valence-corrected chi connectivity index (χ2v) is 11.4. The predicted octanol–water partition coefficient (Wildman–Crippen LogP) is 3.72. The average molecular weight is 263 g/mol. The molecule has 0 amide bonds. The van der Waals surface area contributed by atoms with Gasteiger partial charge in [-0.25, -0.2) is 0 Å². The highest BCUT2D eigenvalue weighted by Crippen LogP contribution is 2.37. The van der Waals surface area contributed by atoms with Crippen LogP contribution in [-0.4, -0.2) is 14.9 Å². The van der Waals surface area contributed by atoms with Gasteiger partial charge in [-0.1, -0.05) is 26.8 Å². The maximum absolute atomic E-state index is 6.34. The summed E-state index contributed by atoms with van der Waals surface area (Å²) >= 11 is 0. The molecule has 0 aromatic heterocycles. The fourth-order valence-corrected chi connectivity index (χ4v) is 2.99. The largest absolute Gasteiger partial charge is 0.543 e. The first-order chi connectivity index (χ1) is 8.29. The van der Waals surface area contributed by atoms with Gasteiger partial charge in [0.2, 0.25) is 8.32 Å². The van der Waals surface area contributed by atoms with E-state index in [0.717, 1.165) is 25.3 Å². The highest BCUT2D eigenvalue weighted by molar-refractivity contribution is 6.74. The van der Waals surface area contributed by atoms with Crippen molar-refractivity contribution in [3.8, 4) is 5.75 Å². The SMILES string of the molecule is CC(C)(C)[Si](C)(C)Oc1ccc2c(c1)CNCC2. The number of nitrogens with one attached hydrogen (secondary N) is 1. The van der Waals surface area contributed by atoms with Crippen LogP contribution in [0.5, 0.6) is 5.75 Å². The lowest BCUT2D eigenvalue weighted by Gasteiger charge is -2.36. The van der Waals surface area contributed by atoms with Gasteiger partial charge in [0.05, 0.1) is 0 Å². The van der Waals surface area contributed by atoms with Crippen LogP contribution in [0.2, 0.25) is 18.1 Å². The number of rotatable bonds is 2. The third-order valence-electron chi connectivity index (χ3n) is 4.24. The number of benzene rings is 1. The third-order valence-corrected chi connectivity index (χ3v) is 8.60. The van der Waals surface area contributed by atoms with Crippen LogP contribution in [0.4, 0.5) is 0 Å². The van der Waals surface area contributed by atoms with Gasteiger partial charge in [0.15, 0.2) is 0 Å². The summed E-state index contributed by atoms with van der Waals surface area (Å²) in [5, 5.41) is 3.67. The van der Waals surface area contributed by atoms with Gasteiger partial charge in [0.1, 0.15) is 5.75 Å². The van der Waals surface area contributed by atoms with Gasteiger partial charge in [0, 0.05) is 6.54 Å². The van der Waals surface area contributed by atoms with Crippen molar-refractivity contribution in [3.05, 3.63) is 29.3 Å². The summed E-state index contributed by atoms with van der Waals surface area (Å²) in [6, 6.07) is 6.60. The maximum Gasteiger partial charge on any atom is 0.250 e. The minimum absolute atomic E-state index is 0.251. The Balaban J connectivity index is 2.20. The van der Waals surface area contributed by atoms with Crippen molar-refractivity contribution < 1.29 is 4.43 Å². The summed E-state index contributed by atoms with van der Waals surface area (Å²) in [5.74, 6) is 1.05. The molecule has 0 saturated heterocycles. The van der Waals surface area contributed by atoms with Crippen LogP contribution in [0.3, 0.4) is 0 Å². The molecule has 1 aliphatic heterocycles.